The van der Waals surface area contributed by atoms with Crippen LogP contribution in [0.15, 0.2) is 0 Å². The maximum atomic E-state index is 5.29. The number of ether oxygens (including phenoxy) is 1. The molecule has 0 aromatic carbocycles. The predicted octanol–water partition coefficient (Wildman–Crippen LogP) is 1.94. The van der Waals surface area contributed by atoms with Gasteiger partial charge in [-0.1, -0.05) is 25.2 Å². The zero-order valence-corrected chi connectivity index (χ0v) is 10.0. The van der Waals surface area contributed by atoms with Crippen LogP contribution in [-0.2, 0) is 11.2 Å². The Morgan fingerprint density at radius 3 is 3.07 bits per heavy atom. The van der Waals surface area contributed by atoms with Gasteiger partial charge in [0.25, 0.3) is 0 Å². The number of nitrogens with zero attached hydrogens (tertiary/aromatic N) is 2. The lowest BCUT2D eigenvalue weighted by Gasteiger charge is -2.06. The summed E-state index contributed by atoms with van der Waals surface area (Å²) in [6.07, 6.45) is 2.08. The molecule has 1 atom stereocenters. The smallest absolute Gasteiger partial charge is 0.205 e. The Balaban J connectivity index is 1.88. The van der Waals surface area contributed by atoms with E-state index in [2.05, 4.69) is 29.4 Å². The van der Waals surface area contributed by atoms with Crippen LogP contribution in [0.5, 0.6) is 0 Å². The van der Waals surface area contributed by atoms with E-state index in [4.69, 9.17) is 4.74 Å². The van der Waals surface area contributed by atoms with Crippen molar-refractivity contribution in [1.29, 1.82) is 0 Å². The molecule has 2 heterocycles. The lowest BCUT2D eigenvalue weighted by atomic mass is 10.1. The average Bonchev–Trinajstić information content (AvgIpc) is 2.77. The van der Waals surface area contributed by atoms with Gasteiger partial charge in [0.05, 0.1) is 12.6 Å². The predicted molar refractivity (Wildman–Crippen MR) is 61.3 cm³/mol. The Morgan fingerprint density at radius 1 is 1.53 bits per heavy atom. The van der Waals surface area contributed by atoms with Crippen molar-refractivity contribution in [3.63, 3.8) is 0 Å². The van der Waals surface area contributed by atoms with Gasteiger partial charge in [-0.3, -0.25) is 0 Å². The number of hydrogen-bond acceptors (Lipinski definition) is 5. The fraction of sp³-hybridized carbons (Fsp3) is 0.800. The molecule has 1 aliphatic heterocycles. The SMILES string of the molecule is CC(C)Cc1nnc(NC2CCOC2)s1. The van der Waals surface area contributed by atoms with Crippen molar-refractivity contribution >= 4 is 16.5 Å². The highest BCUT2D eigenvalue weighted by Gasteiger charge is 2.17. The molecular formula is C10H17N3OS. The van der Waals surface area contributed by atoms with Gasteiger partial charge in [0.1, 0.15) is 5.01 Å². The van der Waals surface area contributed by atoms with Crippen LogP contribution in [-0.4, -0.2) is 29.5 Å². The molecular weight excluding hydrogens is 210 g/mol. The average molecular weight is 227 g/mol. The highest BCUT2D eigenvalue weighted by Crippen LogP contribution is 2.20. The first-order chi connectivity index (χ1) is 7.24. The van der Waals surface area contributed by atoms with Gasteiger partial charge in [-0.2, -0.15) is 0 Å². The molecule has 84 valence electrons. The Morgan fingerprint density at radius 2 is 2.40 bits per heavy atom. The van der Waals surface area contributed by atoms with E-state index in [9.17, 15) is 0 Å². The molecule has 0 amide bonds. The third kappa shape index (κ3) is 3.14. The van der Waals surface area contributed by atoms with Crippen molar-refractivity contribution in [1.82, 2.24) is 10.2 Å². The van der Waals surface area contributed by atoms with Crippen LogP contribution in [0.2, 0.25) is 0 Å². The third-order valence-corrected chi connectivity index (χ3v) is 3.18. The number of anilines is 1. The first-order valence-corrected chi connectivity index (χ1v) is 6.22. The number of hydrogen-bond donors (Lipinski definition) is 1. The van der Waals surface area contributed by atoms with Gasteiger partial charge in [0.2, 0.25) is 5.13 Å². The molecule has 1 aromatic heterocycles. The summed E-state index contributed by atoms with van der Waals surface area (Å²) in [4.78, 5) is 0. The Labute approximate surface area is 94.1 Å². The van der Waals surface area contributed by atoms with Crippen LogP contribution in [0.4, 0.5) is 5.13 Å². The van der Waals surface area contributed by atoms with Crippen LogP contribution < -0.4 is 5.32 Å². The highest BCUT2D eigenvalue weighted by atomic mass is 32.1. The summed E-state index contributed by atoms with van der Waals surface area (Å²) in [6, 6.07) is 0.421. The van der Waals surface area contributed by atoms with E-state index in [1.807, 2.05) is 0 Å². The van der Waals surface area contributed by atoms with Crippen LogP contribution in [0.25, 0.3) is 0 Å². The number of aromatic nitrogens is 2. The first kappa shape index (κ1) is 10.8. The fourth-order valence-electron chi connectivity index (χ4n) is 1.57. The topological polar surface area (TPSA) is 47.0 Å². The molecule has 5 heteroatoms. The molecule has 0 bridgehead atoms. The first-order valence-electron chi connectivity index (χ1n) is 5.40. The Hall–Kier alpha value is -0.680. The zero-order chi connectivity index (χ0) is 10.7. The van der Waals surface area contributed by atoms with Gasteiger partial charge in [0, 0.05) is 13.0 Å². The zero-order valence-electron chi connectivity index (χ0n) is 9.19. The van der Waals surface area contributed by atoms with E-state index >= 15 is 0 Å². The molecule has 0 aliphatic carbocycles. The van der Waals surface area contributed by atoms with Crippen molar-refractivity contribution in [2.75, 3.05) is 18.5 Å². The Bertz CT molecular complexity index is 307. The summed E-state index contributed by atoms with van der Waals surface area (Å²) >= 11 is 1.66. The summed E-state index contributed by atoms with van der Waals surface area (Å²) in [5.74, 6) is 0.639. The van der Waals surface area contributed by atoms with E-state index < -0.39 is 0 Å². The number of nitrogens with one attached hydrogen (secondary N) is 1. The standard InChI is InChI=1S/C10H17N3OS/c1-7(2)5-9-12-13-10(15-9)11-8-3-4-14-6-8/h7-8H,3-6H2,1-2H3,(H,11,13). The molecule has 1 aromatic rings. The van der Waals surface area contributed by atoms with Gasteiger partial charge < -0.3 is 10.1 Å². The van der Waals surface area contributed by atoms with Gasteiger partial charge in [-0.05, 0) is 12.3 Å². The van der Waals surface area contributed by atoms with E-state index in [-0.39, 0.29) is 0 Å². The summed E-state index contributed by atoms with van der Waals surface area (Å²) in [6.45, 7) is 6.03. The molecule has 2 rings (SSSR count). The normalized spacial score (nSPS) is 21.1. The van der Waals surface area contributed by atoms with Gasteiger partial charge in [-0.15, -0.1) is 10.2 Å². The second-order valence-corrected chi connectivity index (χ2v) is 5.37. The van der Waals surface area contributed by atoms with Crippen LogP contribution >= 0.6 is 11.3 Å². The number of rotatable bonds is 4. The molecule has 1 fully saturated rings. The molecule has 0 saturated carbocycles. The van der Waals surface area contributed by atoms with Crippen molar-refractivity contribution in [3.05, 3.63) is 5.01 Å². The second-order valence-electron chi connectivity index (χ2n) is 4.30. The maximum Gasteiger partial charge on any atom is 0.205 e. The molecule has 0 radical (unpaired) electrons. The highest BCUT2D eigenvalue weighted by molar-refractivity contribution is 7.15. The lowest BCUT2D eigenvalue weighted by molar-refractivity contribution is 0.195. The molecule has 4 nitrogen and oxygen atoms in total. The fourth-order valence-corrected chi connectivity index (χ4v) is 2.60. The van der Waals surface area contributed by atoms with E-state index in [0.717, 1.165) is 36.2 Å². The van der Waals surface area contributed by atoms with Gasteiger partial charge >= 0.3 is 0 Å². The Kier molecular flexibility index (Phi) is 3.53. The molecule has 1 aliphatic rings. The lowest BCUT2D eigenvalue weighted by Crippen LogP contribution is -2.18. The monoisotopic (exact) mass is 227 g/mol. The van der Waals surface area contributed by atoms with Crippen molar-refractivity contribution < 1.29 is 4.74 Å². The minimum Gasteiger partial charge on any atom is -0.379 e. The largest absolute Gasteiger partial charge is 0.379 e. The van der Waals surface area contributed by atoms with Crippen molar-refractivity contribution in [2.45, 2.75) is 32.7 Å². The maximum absolute atomic E-state index is 5.29. The van der Waals surface area contributed by atoms with Crippen molar-refractivity contribution in [3.8, 4) is 0 Å². The molecule has 0 spiro atoms. The second kappa shape index (κ2) is 4.90. The van der Waals surface area contributed by atoms with Crippen molar-refractivity contribution in [2.24, 2.45) is 5.92 Å². The quantitative estimate of drug-likeness (QED) is 0.854. The third-order valence-electron chi connectivity index (χ3n) is 2.31. The molecule has 15 heavy (non-hydrogen) atoms. The minimum absolute atomic E-state index is 0.421. The van der Waals surface area contributed by atoms with Crippen LogP contribution in [0.3, 0.4) is 0 Å². The van der Waals surface area contributed by atoms with Crippen LogP contribution in [0, 0.1) is 5.92 Å². The van der Waals surface area contributed by atoms with Gasteiger partial charge in [-0.25, -0.2) is 0 Å². The molecule has 1 saturated heterocycles. The minimum atomic E-state index is 0.421. The van der Waals surface area contributed by atoms with Crippen LogP contribution in [0.1, 0.15) is 25.3 Å². The van der Waals surface area contributed by atoms with E-state index in [0.29, 0.717) is 12.0 Å². The molecule has 1 unspecified atom stereocenters. The molecule has 1 N–H and O–H groups in total. The summed E-state index contributed by atoms with van der Waals surface area (Å²) in [5.41, 5.74) is 0. The van der Waals surface area contributed by atoms with E-state index in [1.54, 1.807) is 11.3 Å². The summed E-state index contributed by atoms with van der Waals surface area (Å²) in [5, 5.41) is 13.7. The summed E-state index contributed by atoms with van der Waals surface area (Å²) < 4.78 is 5.29. The van der Waals surface area contributed by atoms with E-state index in [1.165, 1.54) is 0 Å². The van der Waals surface area contributed by atoms with Gasteiger partial charge in [0.15, 0.2) is 0 Å². The summed E-state index contributed by atoms with van der Waals surface area (Å²) in [7, 11) is 0.